The van der Waals surface area contributed by atoms with Gasteiger partial charge in [0.1, 0.15) is 5.75 Å². The molecule has 0 radical (unpaired) electrons. The van der Waals surface area contributed by atoms with E-state index in [0.29, 0.717) is 5.56 Å². The van der Waals surface area contributed by atoms with Gasteiger partial charge in [-0.2, -0.15) is 0 Å². The molecule has 2 aromatic carbocycles. The first-order valence-electron chi connectivity index (χ1n) is 7.33. The van der Waals surface area contributed by atoms with Crippen LogP contribution in [0.1, 0.15) is 5.56 Å². The topological polar surface area (TPSA) is 86.7 Å². The third-order valence-electron chi connectivity index (χ3n) is 3.25. The van der Waals surface area contributed by atoms with Gasteiger partial charge >= 0.3 is 6.36 Å². The van der Waals surface area contributed by atoms with Crippen molar-refractivity contribution in [2.45, 2.75) is 22.8 Å². The van der Waals surface area contributed by atoms with E-state index < -0.39 is 37.7 Å². The fourth-order valence-electron chi connectivity index (χ4n) is 2.13. The molecule has 148 valence electrons. The van der Waals surface area contributed by atoms with Crippen molar-refractivity contribution >= 4 is 19.7 Å². The molecule has 0 saturated heterocycles. The summed E-state index contributed by atoms with van der Waals surface area (Å²) in [6, 6.07) is 9.86. The van der Waals surface area contributed by atoms with Gasteiger partial charge < -0.3 is 9.47 Å². The number of benzene rings is 2. The van der Waals surface area contributed by atoms with Crippen molar-refractivity contribution in [3.8, 4) is 5.75 Å². The average molecular weight is 424 g/mol. The molecule has 0 fully saturated rings. The number of ether oxygens (including phenoxy) is 2. The van der Waals surface area contributed by atoms with Gasteiger partial charge in [-0.1, -0.05) is 24.3 Å². The lowest BCUT2D eigenvalue weighted by molar-refractivity contribution is -0.274. The molecule has 0 aliphatic carbocycles. The van der Waals surface area contributed by atoms with Gasteiger partial charge in [-0.3, -0.25) is 0 Å². The van der Waals surface area contributed by atoms with Crippen LogP contribution in [-0.2, 0) is 31.0 Å². The Labute approximate surface area is 154 Å². The highest BCUT2D eigenvalue weighted by Crippen LogP contribution is 2.24. The first-order valence-corrected chi connectivity index (χ1v) is 10.9. The molecule has 0 aliphatic rings. The molecule has 11 heteroatoms. The Morgan fingerprint density at radius 3 is 1.96 bits per heavy atom. The first kappa shape index (κ1) is 21.2. The zero-order valence-corrected chi connectivity index (χ0v) is 15.6. The van der Waals surface area contributed by atoms with E-state index in [1.807, 2.05) is 0 Å². The SMILES string of the molecule is CS(=O)(=O)c1ccccc1S(=O)(=O)COCc1ccc(OC(F)(F)F)cc1. The second-order valence-electron chi connectivity index (χ2n) is 5.49. The molecule has 27 heavy (non-hydrogen) atoms. The Balaban J connectivity index is 2.05. The van der Waals surface area contributed by atoms with Crippen LogP contribution in [0.2, 0.25) is 0 Å². The molecule has 0 atom stereocenters. The lowest BCUT2D eigenvalue weighted by atomic mass is 10.2. The van der Waals surface area contributed by atoms with Gasteiger partial charge in [0.25, 0.3) is 0 Å². The van der Waals surface area contributed by atoms with Crippen LogP contribution < -0.4 is 4.74 Å². The van der Waals surface area contributed by atoms with Crippen LogP contribution in [0.3, 0.4) is 0 Å². The molecule has 0 aromatic heterocycles. The summed E-state index contributed by atoms with van der Waals surface area (Å²) in [7, 11) is -7.81. The van der Waals surface area contributed by atoms with Crippen LogP contribution in [0.5, 0.6) is 5.75 Å². The minimum atomic E-state index is -4.81. The smallest absolute Gasteiger partial charge is 0.406 e. The number of halogens is 3. The normalized spacial score (nSPS) is 12.7. The molecule has 0 heterocycles. The molecule has 2 aromatic rings. The Hall–Kier alpha value is -2.11. The van der Waals surface area contributed by atoms with E-state index in [1.165, 1.54) is 36.4 Å². The highest BCUT2D eigenvalue weighted by atomic mass is 32.2. The second-order valence-corrected chi connectivity index (χ2v) is 9.38. The van der Waals surface area contributed by atoms with Crippen molar-refractivity contribution in [2.24, 2.45) is 0 Å². The van der Waals surface area contributed by atoms with Gasteiger partial charge in [0.2, 0.25) is 9.84 Å². The molecule has 0 unspecified atom stereocenters. The molecule has 0 N–H and O–H groups in total. The molecule has 6 nitrogen and oxygen atoms in total. The van der Waals surface area contributed by atoms with Gasteiger partial charge in [0, 0.05) is 6.26 Å². The third kappa shape index (κ3) is 6.22. The van der Waals surface area contributed by atoms with Crippen LogP contribution in [0, 0.1) is 0 Å². The van der Waals surface area contributed by atoms with Gasteiger partial charge in [0.05, 0.1) is 16.4 Å². The van der Waals surface area contributed by atoms with E-state index in [9.17, 15) is 30.0 Å². The number of alkyl halides is 3. The molecule has 0 saturated carbocycles. The lowest BCUT2D eigenvalue weighted by Gasteiger charge is -2.11. The second kappa shape index (κ2) is 7.87. The Kier molecular flexibility index (Phi) is 6.17. The van der Waals surface area contributed by atoms with E-state index in [0.717, 1.165) is 18.4 Å². The van der Waals surface area contributed by atoms with Gasteiger partial charge in [-0.15, -0.1) is 13.2 Å². The number of sulfone groups is 2. The Morgan fingerprint density at radius 2 is 1.44 bits per heavy atom. The molecular weight excluding hydrogens is 409 g/mol. The maximum atomic E-state index is 12.4. The molecule has 0 bridgehead atoms. The zero-order chi connectivity index (χ0) is 20.3. The number of rotatable bonds is 7. The summed E-state index contributed by atoms with van der Waals surface area (Å²) in [6.07, 6.45) is -3.91. The largest absolute Gasteiger partial charge is 0.573 e. The maximum Gasteiger partial charge on any atom is 0.573 e. The predicted molar refractivity (Wildman–Crippen MR) is 89.5 cm³/mol. The minimum Gasteiger partial charge on any atom is -0.406 e. The molecule has 0 amide bonds. The van der Waals surface area contributed by atoms with Crippen molar-refractivity contribution in [3.63, 3.8) is 0 Å². The van der Waals surface area contributed by atoms with Crippen LogP contribution in [0.25, 0.3) is 0 Å². The summed E-state index contributed by atoms with van der Waals surface area (Å²) >= 11 is 0. The van der Waals surface area contributed by atoms with Crippen molar-refractivity contribution in [3.05, 3.63) is 54.1 Å². The van der Waals surface area contributed by atoms with E-state index in [-0.39, 0.29) is 16.4 Å². The quantitative estimate of drug-likeness (QED) is 0.679. The van der Waals surface area contributed by atoms with E-state index in [1.54, 1.807) is 0 Å². The number of hydrogen-bond donors (Lipinski definition) is 0. The summed E-state index contributed by atoms with van der Waals surface area (Å²) in [6.45, 7) is -0.202. The minimum absolute atomic E-state index is 0.202. The Bertz CT molecular complexity index is 997. The molecule has 0 spiro atoms. The standard InChI is InChI=1S/C16H15F3O6S2/c1-26(20,21)14-4-2-3-5-15(14)27(22,23)11-24-10-12-6-8-13(9-7-12)25-16(17,18)19/h2-9H,10-11H2,1H3. The molecular formula is C16H15F3O6S2. The van der Waals surface area contributed by atoms with Crippen molar-refractivity contribution in [1.29, 1.82) is 0 Å². The summed E-state index contributed by atoms with van der Waals surface area (Å²) in [5.74, 6) is -1.21. The third-order valence-corrected chi connectivity index (χ3v) is 6.04. The van der Waals surface area contributed by atoms with Gasteiger partial charge in [0.15, 0.2) is 15.8 Å². The first-order chi connectivity index (χ1) is 12.4. The maximum absolute atomic E-state index is 12.4. The Morgan fingerprint density at radius 1 is 0.889 bits per heavy atom. The fourth-order valence-corrected chi connectivity index (χ4v) is 4.82. The molecule has 0 aliphatic heterocycles. The highest BCUT2D eigenvalue weighted by molar-refractivity contribution is 7.94. The van der Waals surface area contributed by atoms with Crippen molar-refractivity contribution < 1.29 is 39.5 Å². The summed E-state index contributed by atoms with van der Waals surface area (Å²) in [5, 5.41) is 0. The zero-order valence-electron chi connectivity index (χ0n) is 13.9. The van der Waals surface area contributed by atoms with Crippen LogP contribution >= 0.6 is 0 Å². The highest BCUT2D eigenvalue weighted by Gasteiger charge is 2.31. The van der Waals surface area contributed by atoms with E-state index in [2.05, 4.69) is 4.74 Å². The summed E-state index contributed by atoms with van der Waals surface area (Å²) in [5.41, 5.74) is 0.413. The summed E-state index contributed by atoms with van der Waals surface area (Å²) < 4.78 is 93.3. The van der Waals surface area contributed by atoms with E-state index in [4.69, 9.17) is 4.74 Å². The van der Waals surface area contributed by atoms with Crippen LogP contribution in [0.15, 0.2) is 58.3 Å². The van der Waals surface area contributed by atoms with Gasteiger partial charge in [-0.25, -0.2) is 16.8 Å². The fraction of sp³-hybridized carbons (Fsp3) is 0.250. The predicted octanol–water partition coefficient (Wildman–Crippen LogP) is 2.94. The monoisotopic (exact) mass is 424 g/mol. The van der Waals surface area contributed by atoms with Crippen LogP contribution in [0.4, 0.5) is 13.2 Å². The summed E-state index contributed by atoms with van der Waals surface area (Å²) in [4.78, 5) is -0.705. The van der Waals surface area contributed by atoms with Crippen molar-refractivity contribution in [1.82, 2.24) is 0 Å². The van der Waals surface area contributed by atoms with E-state index >= 15 is 0 Å². The lowest BCUT2D eigenvalue weighted by Crippen LogP contribution is -2.17. The average Bonchev–Trinajstić information content (AvgIpc) is 2.54. The molecule has 2 rings (SSSR count). The number of hydrogen-bond acceptors (Lipinski definition) is 6. The van der Waals surface area contributed by atoms with Gasteiger partial charge in [-0.05, 0) is 29.8 Å². The van der Waals surface area contributed by atoms with Crippen molar-refractivity contribution in [2.75, 3.05) is 12.2 Å². The van der Waals surface area contributed by atoms with Crippen LogP contribution in [-0.4, -0.2) is 35.4 Å².